The third-order valence-corrected chi connectivity index (χ3v) is 6.33. The Bertz CT molecular complexity index is 1140. The average Bonchev–Trinajstić information content (AvgIpc) is 3.14. The van der Waals surface area contributed by atoms with E-state index in [1.165, 1.54) is 11.1 Å². The Morgan fingerprint density at radius 3 is 2.06 bits per heavy atom. The van der Waals surface area contributed by atoms with Gasteiger partial charge in [0.25, 0.3) is 0 Å². The van der Waals surface area contributed by atoms with E-state index in [1.54, 1.807) is 0 Å². The number of anilines is 1. The molecule has 0 saturated carbocycles. The number of halogens is 2. The van der Waals surface area contributed by atoms with Crippen LogP contribution in [0.25, 0.3) is 0 Å². The predicted molar refractivity (Wildman–Crippen MR) is 139 cm³/mol. The number of benzene rings is 3. The van der Waals surface area contributed by atoms with E-state index in [2.05, 4.69) is 55.5 Å². The highest BCUT2D eigenvalue weighted by Gasteiger charge is 2.14. The molecule has 1 N–H and O–H groups in total. The summed E-state index contributed by atoms with van der Waals surface area (Å²) in [6, 6.07) is 30.3. The first kappa shape index (κ1) is 22.5. The van der Waals surface area contributed by atoms with Crippen LogP contribution >= 0.6 is 39.7 Å². The molecule has 0 aliphatic carbocycles. The van der Waals surface area contributed by atoms with Crippen molar-refractivity contribution >= 4 is 50.7 Å². The highest BCUT2D eigenvalue weighted by Crippen LogP contribution is 2.22. The number of hydrogen-bond acceptors (Lipinski definition) is 2. The fourth-order valence-corrected chi connectivity index (χ4v) is 4.20. The molecule has 0 saturated heterocycles. The topological polar surface area (TPSA) is 33.1 Å². The quantitative estimate of drug-likeness (QED) is 0.271. The zero-order valence-corrected chi connectivity index (χ0v) is 20.4. The second kappa shape index (κ2) is 10.8. The van der Waals surface area contributed by atoms with Crippen molar-refractivity contribution in [3.63, 3.8) is 0 Å². The zero-order valence-electron chi connectivity index (χ0n) is 17.3. The predicted octanol–water partition coefficient (Wildman–Crippen LogP) is 6.75. The van der Waals surface area contributed by atoms with Crippen molar-refractivity contribution in [3.05, 3.63) is 117 Å². The lowest BCUT2D eigenvalue weighted by molar-refractivity contribution is 0.412. The minimum Gasteiger partial charge on any atom is -0.340 e. The fraction of sp³-hybridized carbons (Fsp3) is 0.120. The number of aromatic nitrogens is 2. The second-order valence-electron chi connectivity index (χ2n) is 7.36. The molecule has 0 unspecified atom stereocenters. The van der Waals surface area contributed by atoms with Crippen LogP contribution in [0.5, 0.6) is 0 Å². The fourth-order valence-electron chi connectivity index (χ4n) is 3.35. The zero-order chi connectivity index (χ0) is 22.3. The number of hydrogen-bond donors (Lipinski definition) is 1. The standard InChI is InChI=1S/C25H22BrClN4S/c26-23-15-24(29-31(23)18-21-13-7-8-14-22(21)27)28-25(32)30(16-19-9-3-1-4-10-19)17-20-11-5-2-6-12-20/h1-15H,16-18H2,(H,28,29,32). The van der Waals surface area contributed by atoms with Crippen molar-refractivity contribution in [1.29, 1.82) is 0 Å². The Morgan fingerprint density at radius 1 is 0.906 bits per heavy atom. The van der Waals surface area contributed by atoms with Crippen molar-refractivity contribution in [2.45, 2.75) is 19.6 Å². The van der Waals surface area contributed by atoms with E-state index in [-0.39, 0.29) is 0 Å². The number of nitrogens with one attached hydrogen (secondary N) is 1. The summed E-state index contributed by atoms with van der Waals surface area (Å²) >= 11 is 15.7. The molecule has 0 fully saturated rings. The molecule has 4 rings (SSSR count). The van der Waals surface area contributed by atoms with Crippen LogP contribution in [-0.4, -0.2) is 19.8 Å². The molecule has 7 heteroatoms. The molecule has 0 atom stereocenters. The van der Waals surface area contributed by atoms with Gasteiger partial charge in [-0.1, -0.05) is 90.5 Å². The maximum absolute atomic E-state index is 6.31. The molecule has 4 nitrogen and oxygen atoms in total. The summed E-state index contributed by atoms with van der Waals surface area (Å²) in [4.78, 5) is 2.14. The monoisotopic (exact) mass is 524 g/mol. The van der Waals surface area contributed by atoms with Crippen LogP contribution in [-0.2, 0) is 19.6 Å². The maximum atomic E-state index is 6.31. The highest BCUT2D eigenvalue weighted by molar-refractivity contribution is 9.10. The lowest BCUT2D eigenvalue weighted by atomic mass is 10.2. The van der Waals surface area contributed by atoms with Gasteiger partial charge in [0.05, 0.1) is 6.54 Å². The Labute approximate surface area is 207 Å². The van der Waals surface area contributed by atoms with Gasteiger partial charge in [-0.05, 0) is 50.9 Å². The largest absolute Gasteiger partial charge is 0.340 e. The second-order valence-corrected chi connectivity index (χ2v) is 8.97. The van der Waals surface area contributed by atoms with Gasteiger partial charge in [-0.15, -0.1) is 0 Å². The van der Waals surface area contributed by atoms with Crippen molar-refractivity contribution in [2.24, 2.45) is 0 Å². The van der Waals surface area contributed by atoms with Crippen LogP contribution in [0.2, 0.25) is 5.02 Å². The minimum atomic E-state index is 0.562. The summed E-state index contributed by atoms with van der Waals surface area (Å²) < 4.78 is 2.70. The molecule has 0 aliphatic rings. The van der Waals surface area contributed by atoms with Crippen LogP contribution in [0.15, 0.2) is 95.6 Å². The number of nitrogens with zero attached hydrogens (tertiary/aromatic N) is 3. The van der Waals surface area contributed by atoms with Gasteiger partial charge in [-0.25, -0.2) is 0 Å². The third kappa shape index (κ3) is 5.97. The van der Waals surface area contributed by atoms with Gasteiger partial charge in [0.15, 0.2) is 10.9 Å². The van der Waals surface area contributed by atoms with Crippen molar-refractivity contribution in [2.75, 3.05) is 5.32 Å². The van der Waals surface area contributed by atoms with E-state index in [1.807, 2.05) is 71.4 Å². The van der Waals surface area contributed by atoms with E-state index in [0.717, 1.165) is 15.2 Å². The van der Waals surface area contributed by atoms with Crippen LogP contribution in [0.3, 0.4) is 0 Å². The van der Waals surface area contributed by atoms with E-state index in [0.29, 0.717) is 30.6 Å². The Hall–Kier alpha value is -2.67. The Kier molecular flexibility index (Phi) is 7.58. The van der Waals surface area contributed by atoms with Gasteiger partial charge in [0.1, 0.15) is 4.60 Å². The molecule has 32 heavy (non-hydrogen) atoms. The van der Waals surface area contributed by atoms with E-state index in [4.69, 9.17) is 23.8 Å². The molecule has 0 spiro atoms. The number of thiocarbonyl (C=S) groups is 1. The SMILES string of the molecule is S=C(Nc1cc(Br)n(Cc2ccccc2Cl)n1)N(Cc1ccccc1)Cc1ccccc1. The summed E-state index contributed by atoms with van der Waals surface area (Å²) in [5, 5.41) is 9.31. The van der Waals surface area contributed by atoms with E-state index < -0.39 is 0 Å². The van der Waals surface area contributed by atoms with Crippen LogP contribution in [0.4, 0.5) is 5.82 Å². The average molecular weight is 526 g/mol. The summed E-state index contributed by atoms with van der Waals surface area (Å²) in [7, 11) is 0. The lowest BCUT2D eigenvalue weighted by Crippen LogP contribution is -2.34. The molecule has 0 bridgehead atoms. The highest BCUT2D eigenvalue weighted by atomic mass is 79.9. The molecule has 162 valence electrons. The lowest BCUT2D eigenvalue weighted by Gasteiger charge is -2.25. The van der Waals surface area contributed by atoms with Gasteiger partial charge in [0, 0.05) is 24.2 Å². The summed E-state index contributed by atoms with van der Waals surface area (Å²) in [6.45, 7) is 1.96. The molecule has 0 radical (unpaired) electrons. The van der Waals surface area contributed by atoms with E-state index >= 15 is 0 Å². The molecule has 1 heterocycles. The van der Waals surface area contributed by atoms with Crippen LogP contribution < -0.4 is 5.32 Å². The molecule has 3 aromatic carbocycles. The molecular formula is C25H22BrClN4S. The van der Waals surface area contributed by atoms with Crippen molar-refractivity contribution < 1.29 is 0 Å². The van der Waals surface area contributed by atoms with E-state index in [9.17, 15) is 0 Å². The number of rotatable bonds is 7. The molecule has 4 aromatic rings. The van der Waals surface area contributed by atoms with Crippen molar-refractivity contribution in [1.82, 2.24) is 14.7 Å². The summed E-state index contributed by atoms with van der Waals surface area (Å²) in [5.74, 6) is 0.681. The first-order chi connectivity index (χ1) is 15.6. The van der Waals surface area contributed by atoms with Crippen LogP contribution in [0.1, 0.15) is 16.7 Å². The first-order valence-electron chi connectivity index (χ1n) is 10.2. The smallest absolute Gasteiger partial charge is 0.175 e. The molecule has 0 aliphatic heterocycles. The van der Waals surface area contributed by atoms with Gasteiger partial charge >= 0.3 is 0 Å². The molecule has 1 aromatic heterocycles. The van der Waals surface area contributed by atoms with Gasteiger partial charge < -0.3 is 10.2 Å². The first-order valence-corrected chi connectivity index (χ1v) is 11.8. The van der Waals surface area contributed by atoms with Crippen molar-refractivity contribution in [3.8, 4) is 0 Å². The van der Waals surface area contributed by atoms with Gasteiger partial charge in [-0.2, -0.15) is 5.10 Å². The van der Waals surface area contributed by atoms with Gasteiger partial charge in [-0.3, -0.25) is 4.68 Å². The summed E-state index contributed by atoms with van der Waals surface area (Å²) in [6.07, 6.45) is 0. The summed E-state index contributed by atoms with van der Waals surface area (Å²) in [5.41, 5.74) is 3.39. The van der Waals surface area contributed by atoms with Crippen LogP contribution in [0, 0.1) is 0 Å². The normalized spacial score (nSPS) is 10.7. The Balaban J connectivity index is 1.50. The minimum absolute atomic E-state index is 0.562. The maximum Gasteiger partial charge on any atom is 0.175 e. The third-order valence-electron chi connectivity index (χ3n) is 4.96. The van der Waals surface area contributed by atoms with Gasteiger partial charge in [0.2, 0.25) is 0 Å². The Morgan fingerprint density at radius 2 is 1.47 bits per heavy atom. The molecule has 0 amide bonds. The molecular weight excluding hydrogens is 504 g/mol.